The van der Waals surface area contributed by atoms with Gasteiger partial charge in [-0.05, 0) is 24.8 Å². The van der Waals surface area contributed by atoms with E-state index in [0.717, 1.165) is 12.8 Å². The van der Waals surface area contributed by atoms with Crippen molar-refractivity contribution in [3.05, 3.63) is 22.4 Å². The third-order valence-corrected chi connectivity index (χ3v) is 4.32. The minimum atomic E-state index is -0.336. The van der Waals surface area contributed by atoms with Crippen molar-refractivity contribution < 1.29 is 9.59 Å². The molecular formula is C14H20N2O2S. The van der Waals surface area contributed by atoms with Crippen LogP contribution in [0.15, 0.2) is 17.5 Å². The zero-order chi connectivity index (χ0) is 13.8. The van der Waals surface area contributed by atoms with Crippen LogP contribution in [0, 0.1) is 0 Å². The molecule has 2 amide bonds. The van der Waals surface area contributed by atoms with Gasteiger partial charge in [0.05, 0.1) is 6.54 Å². The van der Waals surface area contributed by atoms with Gasteiger partial charge in [-0.1, -0.05) is 19.4 Å². The molecule has 1 aromatic heterocycles. The number of amides is 2. The Hall–Kier alpha value is -1.36. The van der Waals surface area contributed by atoms with Crippen LogP contribution < -0.4 is 5.32 Å². The van der Waals surface area contributed by atoms with Crippen LogP contribution in [0.5, 0.6) is 0 Å². The van der Waals surface area contributed by atoms with E-state index in [1.54, 1.807) is 16.2 Å². The van der Waals surface area contributed by atoms with Crippen molar-refractivity contribution in [1.82, 2.24) is 10.2 Å². The average molecular weight is 280 g/mol. The van der Waals surface area contributed by atoms with Crippen molar-refractivity contribution in [3.63, 3.8) is 0 Å². The Morgan fingerprint density at radius 1 is 1.53 bits per heavy atom. The number of thiophene rings is 1. The lowest BCUT2D eigenvalue weighted by Gasteiger charge is -2.36. The Morgan fingerprint density at radius 3 is 2.95 bits per heavy atom. The summed E-state index contributed by atoms with van der Waals surface area (Å²) >= 11 is 1.69. The summed E-state index contributed by atoms with van der Waals surface area (Å²) in [6.07, 6.45) is 2.42. The molecule has 4 nitrogen and oxygen atoms in total. The molecule has 2 atom stereocenters. The third kappa shape index (κ3) is 3.35. The lowest BCUT2D eigenvalue weighted by atomic mass is 10.0. The second-order valence-electron chi connectivity index (χ2n) is 5.01. The first-order valence-electron chi connectivity index (χ1n) is 6.74. The fourth-order valence-electron chi connectivity index (χ4n) is 2.42. The fraction of sp³-hybridized carbons (Fsp3) is 0.571. The van der Waals surface area contributed by atoms with Gasteiger partial charge in [-0.2, -0.15) is 0 Å². The molecule has 19 heavy (non-hydrogen) atoms. The third-order valence-electron chi connectivity index (χ3n) is 3.42. The SMILES string of the molecule is CCCC1NC(=O)CN(C(C)Cc2cccs2)C1=O. The van der Waals surface area contributed by atoms with Crippen molar-refractivity contribution in [1.29, 1.82) is 0 Å². The van der Waals surface area contributed by atoms with Gasteiger partial charge in [-0.25, -0.2) is 0 Å². The van der Waals surface area contributed by atoms with E-state index in [-0.39, 0.29) is 30.4 Å². The predicted molar refractivity (Wildman–Crippen MR) is 76.0 cm³/mol. The predicted octanol–water partition coefficient (Wildman–Crippen LogP) is 1.81. The molecule has 0 radical (unpaired) electrons. The Bertz CT molecular complexity index is 444. The molecule has 2 heterocycles. The standard InChI is InChI=1S/C14H20N2O2S/c1-3-5-12-14(18)16(9-13(17)15-12)10(2)8-11-6-4-7-19-11/h4,6-7,10,12H,3,5,8-9H2,1-2H3,(H,15,17). The van der Waals surface area contributed by atoms with Crippen LogP contribution in [0.1, 0.15) is 31.6 Å². The van der Waals surface area contributed by atoms with Crippen molar-refractivity contribution in [2.24, 2.45) is 0 Å². The molecule has 0 saturated carbocycles. The summed E-state index contributed by atoms with van der Waals surface area (Å²) in [7, 11) is 0. The topological polar surface area (TPSA) is 49.4 Å². The summed E-state index contributed by atoms with van der Waals surface area (Å²) in [5.74, 6) is 0.0154. The maximum Gasteiger partial charge on any atom is 0.245 e. The summed E-state index contributed by atoms with van der Waals surface area (Å²) in [5, 5.41) is 4.82. The lowest BCUT2D eigenvalue weighted by Crippen LogP contribution is -2.60. The molecular weight excluding hydrogens is 260 g/mol. The molecule has 2 unspecified atom stereocenters. The zero-order valence-corrected chi connectivity index (χ0v) is 12.2. The summed E-state index contributed by atoms with van der Waals surface area (Å²) in [5.41, 5.74) is 0. The summed E-state index contributed by atoms with van der Waals surface area (Å²) in [6, 6.07) is 3.81. The largest absolute Gasteiger partial charge is 0.343 e. The van der Waals surface area contributed by atoms with Crippen molar-refractivity contribution in [3.8, 4) is 0 Å². The second-order valence-corrected chi connectivity index (χ2v) is 6.04. The van der Waals surface area contributed by atoms with Gasteiger partial charge in [-0.15, -0.1) is 11.3 Å². The first-order valence-corrected chi connectivity index (χ1v) is 7.62. The molecule has 2 rings (SSSR count). The first kappa shape index (κ1) is 14.1. The van der Waals surface area contributed by atoms with E-state index in [4.69, 9.17) is 0 Å². The number of nitrogens with one attached hydrogen (secondary N) is 1. The second kappa shape index (κ2) is 6.19. The van der Waals surface area contributed by atoms with E-state index in [1.165, 1.54) is 4.88 Å². The molecule has 0 aliphatic carbocycles. The minimum Gasteiger partial charge on any atom is -0.343 e. The molecule has 104 valence electrons. The van der Waals surface area contributed by atoms with Gasteiger partial charge < -0.3 is 10.2 Å². The van der Waals surface area contributed by atoms with Crippen molar-refractivity contribution >= 4 is 23.2 Å². The van der Waals surface area contributed by atoms with Gasteiger partial charge in [0.15, 0.2) is 0 Å². The van der Waals surface area contributed by atoms with E-state index in [2.05, 4.69) is 11.4 Å². The quantitative estimate of drug-likeness (QED) is 0.894. The Kier molecular flexibility index (Phi) is 4.58. The van der Waals surface area contributed by atoms with Gasteiger partial charge in [0.25, 0.3) is 0 Å². The minimum absolute atomic E-state index is 0.0453. The normalized spacial score (nSPS) is 21.4. The Morgan fingerprint density at radius 2 is 2.32 bits per heavy atom. The van der Waals surface area contributed by atoms with E-state index >= 15 is 0 Å². The molecule has 0 aromatic carbocycles. The van der Waals surface area contributed by atoms with Crippen LogP contribution in [-0.4, -0.2) is 35.3 Å². The highest BCUT2D eigenvalue weighted by Gasteiger charge is 2.34. The molecule has 1 fully saturated rings. The van der Waals surface area contributed by atoms with Crippen molar-refractivity contribution in [2.45, 2.75) is 45.2 Å². The van der Waals surface area contributed by atoms with Crippen molar-refractivity contribution in [2.75, 3.05) is 6.54 Å². The highest BCUT2D eigenvalue weighted by atomic mass is 32.1. The Balaban J connectivity index is 2.04. The monoisotopic (exact) mass is 280 g/mol. The van der Waals surface area contributed by atoms with E-state index in [0.29, 0.717) is 6.42 Å². The molecule has 5 heteroatoms. The number of carbonyl (C=O) groups excluding carboxylic acids is 2. The molecule has 1 saturated heterocycles. The molecule has 1 aliphatic rings. The van der Waals surface area contributed by atoms with E-state index in [9.17, 15) is 9.59 Å². The maximum absolute atomic E-state index is 12.3. The smallest absolute Gasteiger partial charge is 0.245 e. The molecule has 1 aliphatic heterocycles. The highest BCUT2D eigenvalue weighted by Crippen LogP contribution is 2.17. The number of piperazine rings is 1. The van der Waals surface area contributed by atoms with Gasteiger partial charge in [0, 0.05) is 17.3 Å². The first-order chi connectivity index (χ1) is 9.11. The number of carbonyl (C=O) groups is 2. The van der Waals surface area contributed by atoms with Crippen LogP contribution in [0.4, 0.5) is 0 Å². The lowest BCUT2D eigenvalue weighted by molar-refractivity contribution is -0.146. The van der Waals surface area contributed by atoms with Gasteiger partial charge in [0.1, 0.15) is 6.04 Å². The van der Waals surface area contributed by atoms with Crippen LogP contribution >= 0.6 is 11.3 Å². The summed E-state index contributed by atoms with van der Waals surface area (Å²) in [6.45, 7) is 4.22. The van der Waals surface area contributed by atoms with Gasteiger partial charge in [-0.3, -0.25) is 9.59 Å². The zero-order valence-electron chi connectivity index (χ0n) is 11.4. The number of hydrogen-bond donors (Lipinski definition) is 1. The number of rotatable bonds is 5. The maximum atomic E-state index is 12.3. The Labute approximate surface area is 117 Å². The fourth-order valence-corrected chi connectivity index (χ4v) is 3.25. The molecule has 0 spiro atoms. The average Bonchev–Trinajstić information content (AvgIpc) is 2.86. The van der Waals surface area contributed by atoms with Gasteiger partial charge >= 0.3 is 0 Å². The van der Waals surface area contributed by atoms with Crippen LogP contribution in [0.3, 0.4) is 0 Å². The summed E-state index contributed by atoms with van der Waals surface area (Å²) < 4.78 is 0. The van der Waals surface area contributed by atoms with Crippen LogP contribution in [0.25, 0.3) is 0 Å². The molecule has 0 bridgehead atoms. The van der Waals surface area contributed by atoms with E-state index < -0.39 is 0 Å². The summed E-state index contributed by atoms with van der Waals surface area (Å²) in [4.78, 5) is 27.0. The molecule has 1 aromatic rings. The molecule has 1 N–H and O–H groups in total. The van der Waals surface area contributed by atoms with Gasteiger partial charge in [0.2, 0.25) is 11.8 Å². The highest BCUT2D eigenvalue weighted by molar-refractivity contribution is 7.09. The van der Waals surface area contributed by atoms with E-state index in [1.807, 2.05) is 25.3 Å². The number of nitrogens with zero attached hydrogens (tertiary/aromatic N) is 1. The van der Waals surface area contributed by atoms with Crippen LogP contribution in [-0.2, 0) is 16.0 Å². The van der Waals surface area contributed by atoms with Crippen LogP contribution in [0.2, 0.25) is 0 Å². The number of hydrogen-bond acceptors (Lipinski definition) is 3.